The van der Waals surface area contributed by atoms with Crippen LogP contribution in [0.2, 0.25) is 0 Å². The topological polar surface area (TPSA) is 82.4 Å². The maximum atomic E-state index is 12.2. The molecule has 0 unspecified atom stereocenters. The van der Waals surface area contributed by atoms with Crippen molar-refractivity contribution in [2.75, 3.05) is 31.1 Å². The minimum atomic E-state index is -0.132. The zero-order chi connectivity index (χ0) is 16.2. The normalized spacial score (nSPS) is 15.0. The first-order valence-corrected chi connectivity index (χ1v) is 7.85. The van der Waals surface area contributed by atoms with Crippen LogP contribution in [0.1, 0.15) is 29.6 Å². The fraction of sp³-hybridized carbons (Fsp3) is 0.438. The van der Waals surface area contributed by atoms with Crippen LogP contribution in [0, 0.1) is 0 Å². The van der Waals surface area contributed by atoms with E-state index in [2.05, 4.69) is 16.9 Å². The van der Waals surface area contributed by atoms with Gasteiger partial charge in [-0.25, -0.2) is 4.98 Å². The Balaban J connectivity index is 1.67. The van der Waals surface area contributed by atoms with Gasteiger partial charge in [0.2, 0.25) is 5.95 Å². The monoisotopic (exact) mass is 316 g/mol. The lowest BCUT2D eigenvalue weighted by Crippen LogP contribution is -2.49. The third kappa shape index (κ3) is 3.44. The van der Waals surface area contributed by atoms with Crippen LogP contribution < -0.4 is 10.5 Å². The number of rotatable bonds is 4. The number of aromatic nitrogens is 2. The Morgan fingerprint density at radius 2 is 2.13 bits per heavy atom. The van der Waals surface area contributed by atoms with Gasteiger partial charge in [0.1, 0.15) is 0 Å². The lowest BCUT2D eigenvalue weighted by atomic mass is 10.2. The number of hydrogen-bond acceptors (Lipinski definition) is 5. The Bertz CT molecular complexity index is 715. The Kier molecular flexibility index (Phi) is 4.45. The van der Waals surface area contributed by atoms with E-state index < -0.39 is 0 Å². The Morgan fingerprint density at radius 1 is 1.35 bits per heavy atom. The second-order valence-corrected chi connectivity index (χ2v) is 5.57. The summed E-state index contributed by atoms with van der Waals surface area (Å²) in [5.74, 6) is 0.844. The van der Waals surface area contributed by atoms with Gasteiger partial charge in [-0.1, -0.05) is 13.3 Å². The number of anilines is 1. The lowest BCUT2D eigenvalue weighted by molar-refractivity contribution is 0.0714. The zero-order valence-corrected chi connectivity index (χ0v) is 13.1. The van der Waals surface area contributed by atoms with E-state index in [0.717, 1.165) is 18.5 Å². The molecule has 7 heteroatoms. The SMILES string of the molecule is CCCc1cc(=O)[nH]c(N2CCN(C(=O)c3ccco3)CC2)n1. The predicted molar refractivity (Wildman–Crippen MR) is 85.7 cm³/mol. The fourth-order valence-corrected chi connectivity index (χ4v) is 2.71. The van der Waals surface area contributed by atoms with Crippen molar-refractivity contribution < 1.29 is 9.21 Å². The summed E-state index contributed by atoms with van der Waals surface area (Å²) in [7, 11) is 0. The molecule has 3 heterocycles. The summed E-state index contributed by atoms with van der Waals surface area (Å²) in [5.41, 5.74) is 0.674. The van der Waals surface area contributed by atoms with Gasteiger partial charge in [-0.2, -0.15) is 0 Å². The fourth-order valence-electron chi connectivity index (χ4n) is 2.71. The minimum Gasteiger partial charge on any atom is -0.459 e. The second-order valence-electron chi connectivity index (χ2n) is 5.57. The molecule has 7 nitrogen and oxygen atoms in total. The lowest BCUT2D eigenvalue weighted by Gasteiger charge is -2.34. The van der Waals surface area contributed by atoms with E-state index in [9.17, 15) is 9.59 Å². The number of aryl methyl sites for hydroxylation is 1. The molecule has 23 heavy (non-hydrogen) atoms. The first-order valence-electron chi connectivity index (χ1n) is 7.85. The molecule has 0 saturated carbocycles. The number of carbonyl (C=O) groups excluding carboxylic acids is 1. The third-order valence-corrected chi connectivity index (χ3v) is 3.89. The zero-order valence-electron chi connectivity index (χ0n) is 13.1. The number of aromatic amines is 1. The van der Waals surface area contributed by atoms with Crippen LogP contribution >= 0.6 is 0 Å². The number of hydrogen-bond donors (Lipinski definition) is 1. The summed E-state index contributed by atoms with van der Waals surface area (Å²) in [5, 5.41) is 0. The van der Waals surface area contributed by atoms with E-state index >= 15 is 0 Å². The van der Waals surface area contributed by atoms with Gasteiger partial charge in [-0.3, -0.25) is 14.6 Å². The van der Waals surface area contributed by atoms with Gasteiger partial charge in [0.25, 0.3) is 11.5 Å². The number of piperazine rings is 1. The first-order chi connectivity index (χ1) is 11.2. The average Bonchev–Trinajstić information content (AvgIpc) is 3.08. The average molecular weight is 316 g/mol. The van der Waals surface area contributed by atoms with Crippen molar-refractivity contribution in [3.63, 3.8) is 0 Å². The van der Waals surface area contributed by atoms with Gasteiger partial charge in [-0.15, -0.1) is 0 Å². The van der Waals surface area contributed by atoms with Crippen LogP contribution in [0.3, 0.4) is 0 Å². The molecule has 1 aliphatic rings. The van der Waals surface area contributed by atoms with Gasteiger partial charge in [-0.05, 0) is 18.6 Å². The van der Waals surface area contributed by atoms with E-state index in [4.69, 9.17) is 4.42 Å². The van der Waals surface area contributed by atoms with Crippen molar-refractivity contribution in [3.8, 4) is 0 Å². The van der Waals surface area contributed by atoms with Crippen LogP contribution in [0.25, 0.3) is 0 Å². The number of carbonyl (C=O) groups is 1. The molecule has 1 aliphatic heterocycles. The maximum Gasteiger partial charge on any atom is 0.289 e. The molecule has 3 rings (SSSR count). The Hall–Kier alpha value is -2.57. The summed E-state index contributed by atoms with van der Waals surface area (Å²) in [6, 6.07) is 4.92. The van der Waals surface area contributed by atoms with E-state index in [1.807, 2.05) is 4.90 Å². The molecule has 1 amide bonds. The molecular formula is C16H20N4O3. The molecule has 1 fully saturated rings. The van der Waals surface area contributed by atoms with Crippen LogP contribution in [0.5, 0.6) is 0 Å². The number of H-pyrrole nitrogens is 1. The maximum absolute atomic E-state index is 12.2. The summed E-state index contributed by atoms with van der Waals surface area (Å²) in [4.78, 5) is 35.1. The highest BCUT2D eigenvalue weighted by molar-refractivity contribution is 5.91. The number of furan rings is 1. The highest BCUT2D eigenvalue weighted by Crippen LogP contribution is 2.13. The summed E-state index contributed by atoms with van der Waals surface area (Å²) in [6.45, 7) is 4.46. The molecular weight excluding hydrogens is 296 g/mol. The molecule has 122 valence electrons. The largest absolute Gasteiger partial charge is 0.459 e. The van der Waals surface area contributed by atoms with E-state index in [-0.39, 0.29) is 11.5 Å². The minimum absolute atomic E-state index is 0.101. The van der Waals surface area contributed by atoms with Gasteiger partial charge in [0, 0.05) is 37.9 Å². The van der Waals surface area contributed by atoms with Crippen molar-refractivity contribution >= 4 is 11.9 Å². The van der Waals surface area contributed by atoms with Gasteiger partial charge in [0.05, 0.1) is 6.26 Å². The predicted octanol–water partition coefficient (Wildman–Crippen LogP) is 1.28. The van der Waals surface area contributed by atoms with Crippen LogP contribution in [0.15, 0.2) is 33.7 Å². The first kappa shape index (κ1) is 15.3. The molecule has 0 spiro atoms. The van der Waals surface area contributed by atoms with Crippen molar-refractivity contribution in [3.05, 3.63) is 46.3 Å². The number of nitrogens with one attached hydrogen (secondary N) is 1. The van der Waals surface area contributed by atoms with Gasteiger partial charge < -0.3 is 14.2 Å². The molecule has 1 saturated heterocycles. The standard InChI is InChI=1S/C16H20N4O3/c1-2-4-12-11-14(21)18-16(17-12)20-8-6-19(7-9-20)15(22)13-5-3-10-23-13/h3,5,10-11H,2,4,6-9H2,1H3,(H,17,18,21). The molecule has 0 aromatic carbocycles. The van der Waals surface area contributed by atoms with E-state index in [1.54, 1.807) is 23.1 Å². The van der Waals surface area contributed by atoms with E-state index in [1.165, 1.54) is 6.26 Å². The Morgan fingerprint density at radius 3 is 2.78 bits per heavy atom. The highest BCUT2D eigenvalue weighted by Gasteiger charge is 2.24. The van der Waals surface area contributed by atoms with Crippen molar-refractivity contribution in [2.45, 2.75) is 19.8 Å². The molecule has 2 aromatic rings. The molecule has 0 radical (unpaired) electrons. The highest BCUT2D eigenvalue weighted by atomic mass is 16.3. The summed E-state index contributed by atoms with van der Waals surface area (Å²) < 4.78 is 5.15. The summed E-state index contributed by atoms with van der Waals surface area (Å²) >= 11 is 0. The smallest absolute Gasteiger partial charge is 0.289 e. The third-order valence-electron chi connectivity index (χ3n) is 3.89. The number of amides is 1. The van der Waals surface area contributed by atoms with Gasteiger partial charge in [0.15, 0.2) is 5.76 Å². The van der Waals surface area contributed by atoms with E-state index in [0.29, 0.717) is 37.9 Å². The second kappa shape index (κ2) is 6.68. The van der Waals surface area contributed by atoms with Crippen molar-refractivity contribution in [1.29, 1.82) is 0 Å². The van der Waals surface area contributed by atoms with Crippen LogP contribution in [0.4, 0.5) is 5.95 Å². The molecule has 0 atom stereocenters. The quantitative estimate of drug-likeness (QED) is 0.919. The Labute approximate surface area is 133 Å². The van der Waals surface area contributed by atoms with Gasteiger partial charge >= 0.3 is 0 Å². The van der Waals surface area contributed by atoms with Crippen LogP contribution in [-0.4, -0.2) is 47.0 Å². The van der Waals surface area contributed by atoms with Crippen molar-refractivity contribution in [1.82, 2.24) is 14.9 Å². The van der Waals surface area contributed by atoms with Crippen molar-refractivity contribution in [2.24, 2.45) is 0 Å². The molecule has 0 aliphatic carbocycles. The van der Waals surface area contributed by atoms with Crippen LogP contribution in [-0.2, 0) is 6.42 Å². The molecule has 0 bridgehead atoms. The number of nitrogens with zero attached hydrogens (tertiary/aromatic N) is 3. The summed E-state index contributed by atoms with van der Waals surface area (Å²) in [6.07, 6.45) is 3.23. The molecule has 2 aromatic heterocycles. The molecule has 1 N–H and O–H groups in total.